The average Bonchev–Trinajstić information content (AvgIpc) is 3.20. The number of para-hydroxylation sites is 1. The third-order valence-corrected chi connectivity index (χ3v) is 5.00. The van der Waals surface area contributed by atoms with Crippen LogP contribution in [0.25, 0.3) is 22.1 Å². The molecule has 1 aromatic heterocycles. The molecule has 3 aromatic carbocycles. The molecule has 4 rings (SSSR count). The van der Waals surface area contributed by atoms with Crippen molar-refractivity contribution in [3.05, 3.63) is 89.2 Å². The van der Waals surface area contributed by atoms with Gasteiger partial charge in [-0.15, -0.1) is 0 Å². The summed E-state index contributed by atoms with van der Waals surface area (Å²) in [6.07, 6.45) is 1.61. The number of ether oxygens (including phenoxy) is 1. The second-order valence-electron chi connectivity index (χ2n) is 7.36. The number of rotatable bonds is 7. The molecule has 3 N–H and O–H groups in total. The number of fused-ring (bicyclic) bond motifs is 1. The lowest BCUT2D eigenvalue weighted by atomic mass is 9.97. The molecule has 0 spiro atoms. The van der Waals surface area contributed by atoms with Crippen LogP contribution in [0.1, 0.15) is 22.3 Å². The van der Waals surface area contributed by atoms with Gasteiger partial charge in [0, 0.05) is 23.1 Å². The van der Waals surface area contributed by atoms with E-state index < -0.39 is 5.97 Å². The number of benzene rings is 3. The highest BCUT2D eigenvalue weighted by Crippen LogP contribution is 2.33. The molecule has 0 bridgehead atoms. The Bertz CT molecular complexity index is 1210. The van der Waals surface area contributed by atoms with Gasteiger partial charge in [0.15, 0.2) is 0 Å². The molecule has 0 amide bonds. The maximum absolute atomic E-state index is 11.1. The van der Waals surface area contributed by atoms with Gasteiger partial charge in [-0.25, -0.2) is 0 Å². The fourth-order valence-electron chi connectivity index (χ4n) is 3.69. The lowest BCUT2D eigenvalue weighted by molar-refractivity contribution is -0.136. The second kappa shape index (κ2) is 8.43. The van der Waals surface area contributed by atoms with Gasteiger partial charge >= 0.3 is 5.97 Å². The van der Waals surface area contributed by atoms with Crippen molar-refractivity contribution in [2.75, 3.05) is 0 Å². The zero-order chi connectivity index (χ0) is 21.1. The Balaban J connectivity index is 1.69. The number of aliphatic carboxylic acids is 1. The first-order valence-electron chi connectivity index (χ1n) is 9.77. The lowest BCUT2D eigenvalue weighted by Gasteiger charge is -2.13. The van der Waals surface area contributed by atoms with Crippen molar-refractivity contribution in [1.82, 2.24) is 0 Å². The normalized spacial score (nSPS) is 11.0. The number of furan rings is 1. The number of carbonyl (C=O) groups is 1. The third-order valence-electron chi connectivity index (χ3n) is 5.00. The van der Waals surface area contributed by atoms with Gasteiger partial charge in [-0.05, 0) is 53.9 Å². The zero-order valence-electron chi connectivity index (χ0n) is 16.7. The zero-order valence-corrected chi connectivity index (χ0v) is 16.7. The molecule has 0 aliphatic heterocycles. The molecular weight excluding hydrogens is 378 g/mol. The van der Waals surface area contributed by atoms with Crippen LogP contribution in [0, 0.1) is 6.92 Å². The highest BCUT2D eigenvalue weighted by atomic mass is 16.5. The molecule has 5 heteroatoms. The van der Waals surface area contributed by atoms with Crippen LogP contribution in [-0.4, -0.2) is 11.1 Å². The molecule has 0 atom stereocenters. The Kier molecular flexibility index (Phi) is 5.55. The molecule has 0 aliphatic rings. The quantitative estimate of drug-likeness (QED) is 0.451. The van der Waals surface area contributed by atoms with E-state index in [1.54, 1.807) is 18.4 Å². The molecule has 0 fully saturated rings. The van der Waals surface area contributed by atoms with Crippen LogP contribution in [0.4, 0.5) is 0 Å². The monoisotopic (exact) mass is 401 g/mol. The molecule has 0 unspecified atom stereocenters. The predicted octanol–water partition coefficient (Wildman–Crippen LogP) is 5.07. The van der Waals surface area contributed by atoms with Crippen molar-refractivity contribution >= 4 is 16.9 Å². The van der Waals surface area contributed by atoms with Gasteiger partial charge in [0.25, 0.3) is 0 Å². The minimum absolute atomic E-state index is 0.0760. The molecule has 152 valence electrons. The van der Waals surface area contributed by atoms with Gasteiger partial charge in [0.2, 0.25) is 0 Å². The molecule has 4 aromatic rings. The minimum Gasteiger partial charge on any atom is -0.489 e. The predicted molar refractivity (Wildman–Crippen MR) is 116 cm³/mol. The van der Waals surface area contributed by atoms with E-state index in [2.05, 4.69) is 24.3 Å². The summed E-state index contributed by atoms with van der Waals surface area (Å²) in [5.74, 6) is -0.307. The molecular formula is C25H23NO4. The van der Waals surface area contributed by atoms with Crippen molar-refractivity contribution in [3.8, 4) is 16.9 Å². The maximum Gasteiger partial charge on any atom is 0.307 e. The van der Waals surface area contributed by atoms with Gasteiger partial charge in [-0.3, -0.25) is 4.79 Å². The summed E-state index contributed by atoms with van der Waals surface area (Å²) in [5.41, 5.74) is 12.5. The minimum atomic E-state index is -0.886. The van der Waals surface area contributed by atoms with Gasteiger partial charge in [-0.2, -0.15) is 0 Å². The SMILES string of the molecule is Cc1cc(CN)cc(-c2cc(COc3ccccc3CC(=O)O)cc3ccoc23)c1. The smallest absolute Gasteiger partial charge is 0.307 e. The van der Waals surface area contributed by atoms with Gasteiger partial charge in [-0.1, -0.05) is 35.9 Å². The van der Waals surface area contributed by atoms with Crippen LogP contribution in [-0.2, 0) is 24.4 Å². The van der Waals surface area contributed by atoms with E-state index in [9.17, 15) is 4.79 Å². The van der Waals surface area contributed by atoms with E-state index in [-0.39, 0.29) is 6.42 Å². The van der Waals surface area contributed by atoms with E-state index in [1.807, 2.05) is 31.2 Å². The van der Waals surface area contributed by atoms with E-state index in [0.29, 0.717) is 24.5 Å². The van der Waals surface area contributed by atoms with E-state index in [1.165, 1.54) is 0 Å². The summed E-state index contributed by atoms with van der Waals surface area (Å²) in [7, 11) is 0. The van der Waals surface area contributed by atoms with E-state index in [4.69, 9.17) is 20.0 Å². The Morgan fingerprint density at radius 1 is 1.07 bits per heavy atom. The average molecular weight is 401 g/mol. The fraction of sp³-hybridized carbons (Fsp3) is 0.160. The first-order valence-corrected chi connectivity index (χ1v) is 9.77. The molecule has 0 saturated heterocycles. The van der Waals surface area contributed by atoms with Crippen molar-refractivity contribution in [3.63, 3.8) is 0 Å². The lowest BCUT2D eigenvalue weighted by Crippen LogP contribution is -2.04. The Hall–Kier alpha value is -3.57. The summed E-state index contributed by atoms with van der Waals surface area (Å²) < 4.78 is 11.8. The molecule has 0 radical (unpaired) electrons. The molecule has 0 saturated carbocycles. The van der Waals surface area contributed by atoms with Crippen molar-refractivity contribution < 1.29 is 19.1 Å². The summed E-state index contributed by atoms with van der Waals surface area (Å²) in [6, 6.07) is 19.5. The Labute approximate surface area is 174 Å². The molecule has 5 nitrogen and oxygen atoms in total. The number of nitrogens with two attached hydrogens (primary N) is 1. The fourth-order valence-corrected chi connectivity index (χ4v) is 3.69. The maximum atomic E-state index is 11.1. The van der Waals surface area contributed by atoms with Crippen LogP contribution in [0.3, 0.4) is 0 Å². The summed E-state index contributed by atoms with van der Waals surface area (Å²) in [6.45, 7) is 2.84. The summed E-state index contributed by atoms with van der Waals surface area (Å²) in [4.78, 5) is 11.1. The number of carboxylic acid groups (broad SMARTS) is 1. The van der Waals surface area contributed by atoms with E-state index >= 15 is 0 Å². The van der Waals surface area contributed by atoms with Crippen LogP contribution < -0.4 is 10.5 Å². The van der Waals surface area contributed by atoms with Gasteiger partial charge in [0.05, 0.1) is 12.7 Å². The number of aryl methyl sites for hydroxylation is 1. The number of hydrogen-bond acceptors (Lipinski definition) is 4. The highest BCUT2D eigenvalue weighted by Gasteiger charge is 2.13. The second-order valence-corrected chi connectivity index (χ2v) is 7.36. The summed E-state index contributed by atoms with van der Waals surface area (Å²) >= 11 is 0. The summed E-state index contributed by atoms with van der Waals surface area (Å²) in [5, 5.41) is 10.1. The topological polar surface area (TPSA) is 85.7 Å². The largest absolute Gasteiger partial charge is 0.489 e. The van der Waals surface area contributed by atoms with Crippen LogP contribution in [0.15, 0.2) is 71.3 Å². The standard InChI is InChI=1S/C25H23NO4/c1-16-8-17(14-26)10-21(9-16)22-12-18(11-20-6-7-29-25(20)22)15-30-23-5-3-2-4-19(23)13-24(27)28/h2-12H,13-15,26H2,1H3,(H,27,28). The molecule has 0 aliphatic carbocycles. The van der Waals surface area contributed by atoms with Crippen molar-refractivity contribution in [2.24, 2.45) is 5.73 Å². The van der Waals surface area contributed by atoms with Crippen molar-refractivity contribution in [2.45, 2.75) is 26.5 Å². The molecule has 1 heterocycles. The van der Waals surface area contributed by atoms with Gasteiger partial charge < -0.3 is 20.0 Å². The van der Waals surface area contributed by atoms with Gasteiger partial charge in [0.1, 0.15) is 17.9 Å². The van der Waals surface area contributed by atoms with E-state index in [0.717, 1.165) is 38.8 Å². The molecule has 30 heavy (non-hydrogen) atoms. The first kappa shape index (κ1) is 19.7. The van der Waals surface area contributed by atoms with Crippen LogP contribution in [0.2, 0.25) is 0 Å². The Morgan fingerprint density at radius 2 is 1.90 bits per heavy atom. The third kappa shape index (κ3) is 4.21. The van der Waals surface area contributed by atoms with Crippen LogP contribution in [0.5, 0.6) is 5.75 Å². The van der Waals surface area contributed by atoms with Crippen LogP contribution >= 0.6 is 0 Å². The number of hydrogen-bond donors (Lipinski definition) is 2. The Morgan fingerprint density at radius 3 is 2.70 bits per heavy atom. The first-order chi connectivity index (χ1) is 14.5. The highest BCUT2D eigenvalue weighted by molar-refractivity contribution is 5.93. The number of carboxylic acids is 1. The van der Waals surface area contributed by atoms with Crippen molar-refractivity contribution in [1.29, 1.82) is 0 Å².